The van der Waals surface area contributed by atoms with Gasteiger partial charge in [-0.2, -0.15) is 0 Å². The second kappa shape index (κ2) is 5.69. The van der Waals surface area contributed by atoms with Gasteiger partial charge < -0.3 is 5.32 Å². The molecule has 2 nitrogen and oxygen atoms in total. The molecule has 0 heterocycles. The van der Waals surface area contributed by atoms with Gasteiger partial charge in [0.25, 0.3) is 0 Å². The zero-order valence-electron chi connectivity index (χ0n) is 10.5. The van der Waals surface area contributed by atoms with Crippen LogP contribution < -0.4 is 5.32 Å². The Labute approximate surface area is 98.1 Å². The number of hydrogen-bond acceptors (Lipinski definition) is 1. The molecule has 2 unspecified atom stereocenters. The molecule has 1 rings (SSSR count). The lowest BCUT2D eigenvalue weighted by atomic mass is 9.83. The van der Waals surface area contributed by atoms with Crippen molar-refractivity contribution in [2.24, 2.45) is 5.92 Å². The van der Waals surface area contributed by atoms with E-state index in [0.717, 1.165) is 0 Å². The predicted molar refractivity (Wildman–Crippen MR) is 67.3 cm³/mol. The van der Waals surface area contributed by atoms with Crippen LogP contribution in [0.5, 0.6) is 0 Å². The SMILES string of the molecule is CC(=O)NC(C)C(c1ccccc1)C(C)C. The van der Waals surface area contributed by atoms with E-state index in [1.54, 1.807) is 6.92 Å². The van der Waals surface area contributed by atoms with Gasteiger partial charge in [-0.25, -0.2) is 0 Å². The van der Waals surface area contributed by atoms with Crippen molar-refractivity contribution in [3.63, 3.8) is 0 Å². The van der Waals surface area contributed by atoms with Crippen LogP contribution in [0.25, 0.3) is 0 Å². The summed E-state index contributed by atoms with van der Waals surface area (Å²) in [4.78, 5) is 11.1. The summed E-state index contributed by atoms with van der Waals surface area (Å²) in [5.74, 6) is 0.906. The smallest absolute Gasteiger partial charge is 0.217 e. The van der Waals surface area contributed by atoms with Crippen molar-refractivity contribution in [2.75, 3.05) is 0 Å². The molecule has 1 aromatic rings. The average Bonchev–Trinajstić information content (AvgIpc) is 2.17. The van der Waals surface area contributed by atoms with E-state index in [2.05, 4.69) is 38.2 Å². The minimum atomic E-state index is 0.0362. The summed E-state index contributed by atoms with van der Waals surface area (Å²) in [7, 11) is 0. The van der Waals surface area contributed by atoms with E-state index in [1.807, 2.05) is 18.2 Å². The molecule has 0 bridgehead atoms. The molecular formula is C14H21NO. The standard InChI is InChI=1S/C14H21NO/c1-10(2)14(11(3)15-12(4)16)13-8-6-5-7-9-13/h5-11,14H,1-4H3,(H,15,16). The van der Waals surface area contributed by atoms with Gasteiger partial charge in [0.05, 0.1) is 0 Å². The van der Waals surface area contributed by atoms with Crippen LogP contribution in [-0.4, -0.2) is 11.9 Å². The Morgan fingerprint density at radius 3 is 2.12 bits per heavy atom. The van der Waals surface area contributed by atoms with Gasteiger partial charge in [0, 0.05) is 18.9 Å². The maximum absolute atomic E-state index is 11.1. The Kier molecular flexibility index (Phi) is 4.53. The molecule has 1 N–H and O–H groups in total. The maximum Gasteiger partial charge on any atom is 0.217 e. The fraction of sp³-hybridized carbons (Fsp3) is 0.500. The van der Waals surface area contributed by atoms with E-state index in [0.29, 0.717) is 11.8 Å². The van der Waals surface area contributed by atoms with Crippen molar-refractivity contribution in [1.29, 1.82) is 0 Å². The van der Waals surface area contributed by atoms with Crippen molar-refractivity contribution >= 4 is 5.91 Å². The van der Waals surface area contributed by atoms with Crippen molar-refractivity contribution in [2.45, 2.75) is 39.7 Å². The zero-order valence-corrected chi connectivity index (χ0v) is 10.5. The molecule has 88 valence electrons. The third kappa shape index (κ3) is 3.37. The molecule has 16 heavy (non-hydrogen) atoms. The Morgan fingerprint density at radius 2 is 1.69 bits per heavy atom. The van der Waals surface area contributed by atoms with E-state index in [4.69, 9.17) is 0 Å². The molecule has 0 aliphatic heterocycles. The summed E-state index contributed by atoms with van der Waals surface area (Å²) in [5, 5.41) is 2.98. The molecule has 0 fully saturated rings. The van der Waals surface area contributed by atoms with E-state index in [9.17, 15) is 4.79 Å². The van der Waals surface area contributed by atoms with E-state index in [-0.39, 0.29) is 11.9 Å². The van der Waals surface area contributed by atoms with Crippen molar-refractivity contribution in [3.05, 3.63) is 35.9 Å². The molecule has 0 saturated carbocycles. The van der Waals surface area contributed by atoms with E-state index >= 15 is 0 Å². The Balaban J connectivity index is 2.87. The van der Waals surface area contributed by atoms with Crippen molar-refractivity contribution in [1.82, 2.24) is 5.32 Å². The molecule has 0 aliphatic carbocycles. The molecule has 2 heteroatoms. The van der Waals surface area contributed by atoms with Crippen molar-refractivity contribution < 1.29 is 4.79 Å². The summed E-state index contributed by atoms with van der Waals surface area (Å²) in [5.41, 5.74) is 1.29. The summed E-state index contributed by atoms with van der Waals surface area (Å²) in [6.07, 6.45) is 0. The quantitative estimate of drug-likeness (QED) is 0.828. The predicted octanol–water partition coefficient (Wildman–Crippen LogP) is 2.95. The van der Waals surface area contributed by atoms with Crippen LogP contribution in [0, 0.1) is 5.92 Å². The van der Waals surface area contributed by atoms with E-state index < -0.39 is 0 Å². The number of benzene rings is 1. The second-order valence-corrected chi connectivity index (χ2v) is 4.67. The number of carbonyl (C=O) groups excluding carboxylic acids is 1. The first-order chi connectivity index (χ1) is 7.52. The number of nitrogens with one attached hydrogen (secondary N) is 1. The fourth-order valence-corrected chi connectivity index (χ4v) is 2.34. The maximum atomic E-state index is 11.1. The highest BCUT2D eigenvalue weighted by Crippen LogP contribution is 2.27. The third-order valence-corrected chi connectivity index (χ3v) is 2.87. The molecule has 1 aromatic carbocycles. The second-order valence-electron chi connectivity index (χ2n) is 4.67. The average molecular weight is 219 g/mol. The summed E-state index contributed by atoms with van der Waals surface area (Å²) >= 11 is 0. The first-order valence-electron chi connectivity index (χ1n) is 5.84. The minimum Gasteiger partial charge on any atom is -0.353 e. The molecule has 0 spiro atoms. The van der Waals surface area contributed by atoms with Crippen LogP contribution in [0.2, 0.25) is 0 Å². The summed E-state index contributed by atoms with van der Waals surface area (Å²) in [6, 6.07) is 10.5. The third-order valence-electron chi connectivity index (χ3n) is 2.87. The summed E-state index contributed by atoms with van der Waals surface area (Å²) < 4.78 is 0. The molecule has 1 amide bonds. The van der Waals surface area contributed by atoms with Gasteiger partial charge in [0.2, 0.25) is 5.91 Å². The van der Waals surface area contributed by atoms with Crippen LogP contribution in [0.3, 0.4) is 0 Å². The van der Waals surface area contributed by atoms with Crippen LogP contribution in [0.4, 0.5) is 0 Å². The highest BCUT2D eigenvalue weighted by atomic mass is 16.1. The largest absolute Gasteiger partial charge is 0.353 e. The van der Waals surface area contributed by atoms with Gasteiger partial charge in [-0.05, 0) is 18.4 Å². The Bertz CT molecular complexity index is 332. The first kappa shape index (κ1) is 12.8. The van der Waals surface area contributed by atoms with Gasteiger partial charge in [-0.1, -0.05) is 44.2 Å². The number of amides is 1. The van der Waals surface area contributed by atoms with Crippen LogP contribution >= 0.6 is 0 Å². The van der Waals surface area contributed by atoms with Gasteiger partial charge >= 0.3 is 0 Å². The molecular weight excluding hydrogens is 198 g/mol. The molecule has 0 radical (unpaired) electrons. The lowest BCUT2D eigenvalue weighted by Crippen LogP contribution is -2.37. The van der Waals surface area contributed by atoms with E-state index in [1.165, 1.54) is 5.56 Å². The first-order valence-corrected chi connectivity index (χ1v) is 5.84. The van der Waals surface area contributed by atoms with Crippen LogP contribution in [0.1, 0.15) is 39.2 Å². The fourth-order valence-electron chi connectivity index (χ4n) is 2.34. The zero-order chi connectivity index (χ0) is 12.1. The lowest BCUT2D eigenvalue weighted by Gasteiger charge is -2.28. The van der Waals surface area contributed by atoms with Crippen LogP contribution in [0.15, 0.2) is 30.3 Å². The number of hydrogen-bond donors (Lipinski definition) is 1. The van der Waals surface area contributed by atoms with Gasteiger partial charge in [0.1, 0.15) is 0 Å². The topological polar surface area (TPSA) is 29.1 Å². The molecule has 0 aliphatic rings. The normalized spacial score (nSPS) is 14.6. The Hall–Kier alpha value is -1.31. The molecule has 0 aromatic heterocycles. The molecule has 2 atom stereocenters. The van der Waals surface area contributed by atoms with Gasteiger partial charge in [0.15, 0.2) is 0 Å². The van der Waals surface area contributed by atoms with Gasteiger partial charge in [-0.3, -0.25) is 4.79 Å². The highest BCUT2D eigenvalue weighted by molar-refractivity contribution is 5.73. The molecule has 0 saturated heterocycles. The number of rotatable bonds is 4. The highest BCUT2D eigenvalue weighted by Gasteiger charge is 2.22. The Morgan fingerprint density at radius 1 is 1.12 bits per heavy atom. The van der Waals surface area contributed by atoms with Crippen LogP contribution in [-0.2, 0) is 4.79 Å². The van der Waals surface area contributed by atoms with Gasteiger partial charge in [-0.15, -0.1) is 0 Å². The minimum absolute atomic E-state index is 0.0362. The summed E-state index contributed by atoms with van der Waals surface area (Å²) in [6.45, 7) is 8.02. The van der Waals surface area contributed by atoms with Crippen molar-refractivity contribution in [3.8, 4) is 0 Å². The number of carbonyl (C=O) groups is 1. The monoisotopic (exact) mass is 219 g/mol. The lowest BCUT2D eigenvalue weighted by molar-refractivity contribution is -0.119.